The molecule has 0 saturated carbocycles. The van der Waals surface area contributed by atoms with Crippen molar-refractivity contribution in [3.63, 3.8) is 0 Å². The van der Waals surface area contributed by atoms with Crippen LogP contribution in [0.25, 0.3) is 0 Å². The van der Waals surface area contributed by atoms with Crippen LogP contribution in [0.5, 0.6) is 0 Å². The maximum Gasteiger partial charge on any atom is 0.371 e. The van der Waals surface area contributed by atoms with E-state index < -0.39 is 11.9 Å². The van der Waals surface area contributed by atoms with Gasteiger partial charge in [0, 0.05) is 18.7 Å². The smallest absolute Gasteiger partial charge is 0.371 e. The van der Waals surface area contributed by atoms with E-state index in [0.717, 1.165) is 5.56 Å². The quantitative estimate of drug-likeness (QED) is 0.715. The lowest BCUT2D eigenvalue weighted by Crippen LogP contribution is -2.22. The van der Waals surface area contributed by atoms with Crippen LogP contribution in [0.15, 0.2) is 40.8 Å². The monoisotopic (exact) mass is 344 g/mol. The molecular formula is C18H20N2O5. The zero-order valence-corrected chi connectivity index (χ0v) is 14.0. The van der Waals surface area contributed by atoms with Gasteiger partial charge in [0.05, 0.1) is 0 Å². The topological polar surface area (TPSA) is 109 Å². The molecular weight excluding hydrogens is 324 g/mol. The van der Waals surface area contributed by atoms with Crippen molar-refractivity contribution in [2.45, 2.75) is 26.8 Å². The lowest BCUT2D eigenvalue weighted by molar-refractivity contribution is -0.116. The third-order valence-corrected chi connectivity index (χ3v) is 3.30. The van der Waals surface area contributed by atoms with Gasteiger partial charge in [0.2, 0.25) is 11.7 Å². The molecule has 0 atom stereocenters. The number of hydrogen-bond acceptors (Lipinski definition) is 4. The van der Waals surface area contributed by atoms with E-state index in [1.54, 1.807) is 18.2 Å². The molecule has 1 heterocycles. The molecule has 7 heteroatoms. The summed E-state index contributed by atoms with van der Waals surface area (Å²) in [7, 11) is 0. The Bertz CT molecular complexity index is 779. The molecule has 132 valence electrons. The number of amides is 2. The highest BCUT2D eigenvalue weighted by Gasteiger charge is 2.14. The van der Waals surface area contributed by atoms with E-state index in [1.165, 1.54) is 12.1 Å². The second-order valence-corrected chi connectivity index (χ2v) is 6.00. The fourth-order valence-electron chi connectivity index (χ4n) is 2.19. The van der Waals surface area contributed by atoms with Gasteiger partial charge in [-0.1, -0.05) is 26.0 Å². The van der Waals surface area contributed by atoms with Gasteiger partial charge in [-0.05, 0) is 35.7 Å². The van der Waals surface area contributed by atoms with Gasteiger partial charge in [-0.3, -0.25) is 9.59 Å². The van der Waals surface area contributed by atoms with Crippen LogP contribution >= 0.6 is 0 Å². The number of aromatic carboxylic acids is 1. The molecule has 2 aromatic rings. The minimum atomic E-state index is -1.23. The van der Waals surface area contributed by atoms with Crippen molar-refractivity contribution in [1.29, 1.82) is 0 Å². The average molecular weight is 344 g/mol. The van der Waals surface area contributed by atoms with Crippen LogP contribution in [-0.4, -0.2) is 22.9 Å². The molecule has 2 amide bonds. The van der Waals surface area contributed by atoms with Crippen molar-refractivity contribution in [1.82, 2.24) is 5.32 Å². The van der Waals surface area contributed by atoms with Gasteiger partial charge in [0.1, 0.15) is 0 Å². The number of rotatable bonds is 7. The molecule has 0 radical (unpaired) electrons. The van der Waals surface area contributed by atoms with Gasteiger partial charge in [-0.15, -0.1) is 0 Å². The zero-order valence-electron chi connectivity index (χ0n) is 14.0. The molecule has 1 aromatic heterocycles. The summed E-state index contributed by atoms with van der Waals surface area (Å²) in [5.41, 5.74) is 1.45. The number of carbonyl (C=O) groups excluding carboxylic acids is 2. The molecule has 0 spiro atoms. The van der Waals surface area contributed by atoms with E-state index in [2.05, 4.69) is 10.6 Å². The summed E-state index contributed by atoms with van der Waals surface area (Å²) in [5.74, 6) is -1.90. The molecule has 0 aliphatic rings. The van der Waals surface area contributed by atoms with Crippen molar-refractivity contribution in [2.24, 2.45) is 5.92 Å². The van der Waals surface area contributed by atoms with Crippen LogP contribution in [-0.2, 0) is 11.3 Å². The third kappa shape index (κ3) is 5.49. The molecule has 1 aromatic carbocycles. The SMILES string of the molecule is CC(C)CC(=O)Nc1cccc(CNC(=O)c2ccc(C(=O)O)o2)c1. The van der Waals surface area contributed by atoms with Gasteiger partial charge < -0.3 is 20.2 Å². The van der Waals surface area contributed by atoms with Crippen molar-refractivity contribution in [3.8, 4) is 0 Å². The Morgan fingerprint density at radius 3 is 2.48 bits per heavy atom. The predicted octanol–water partition coefficient (Wildman–Crippen LogP) is 2.89. The van der Waals surface area contributed by atoms with E-state index in [4.69, 9.17) is 9.52 Å². The number of carboxylic acids is 1. The molecule has 0 saturated heterocycles. The maximum atomic E-state index is 12.0. The molecule has 0 aliphatic heterocycles. The molecule has 7 nitrogen and oxygen atoms in total. The molecule has 0 aliphatic carbocycles. The van der Waals surface area contributed by atoms with Gasteiger partial charge in [0.15, 0.2) is 5.76 Å². The van der Waals surface area contributed by atoms with Gasteiger partial charge >= 0.3 is 5.97 Å². The van der Waals surface area contributed by atoms with E-state index in [-0.39, 0.29) is 29.9 Å². The van der Waals surface area contributed by atoms with Crippen LogP contribution in [0.2, 0.25) is 0 Å². The highest BCUT2D eigenvalue weighted by atomic mass is 16.4. The number of anilines is 1. The Morgan fingerprint density at radius 2 is 1.84 bits per heavy atom. The zero-order chi connectivity index (χ0) is 18.4. The predicted molar refractivity (Wildman–Crippen MR) is 91.4 cm³/mol. The van der Waals surface area contributed by atoms with Crippen LogP contribution in [0.3, 0.4) is 0 Å². The summed E-state index contributed by atoms with van der Waals surface area (Å²) >= 11 is 0. The maximum absolute atomic E-state index is 12.0. The lowest BCUT2D eigenvalue weighted by atomic mass is 10.1. The number of furan rings is 1. The minimum absolute atomic E-state index is 0.0621. The largest absolute Gasteiger partial charge is 0.475 e. The number of carboxylic acid groups (broad SMARTS) is 1. The first kappa shape index (κ1) is 18.3. The Balaban J connectivity index is 1.94. The van der Waals surface area contributed by atoms with Crippen LogP contribution in [0.1, 0.15) is 46.9 Å². The fraction of sp³-hybridized carbons (Fsp3) is 0.278. The van der Waals surface area contributed by atoms with Crippen molar-refractivity contribution in [3.05, 3.63) is 53.5 Å². The minimum Gasteiger partial charge on any atom is -0.475 e. The summed E-state index contributed by atoms with van der Waals surface area (Å²) in [6.45, 7) is 4.15. The Morgan fingerprint density at radius 1 is 1.12 bits per heavy atom. The van der Waals surface area contributed by atoms with Crippen LogP contribution in [0, 0.1) is 5.92 Å². The normalized spacial score (nSPS) is 10.5. The molecule has 0 unspecified atom stereocenters. The van der Waals surface area contributed by atoms with E-state index >= 15 is 0 Å². The van der Waals surface area contributed by atoms with Gasteiger partial charge in [-0.25, -0.2) is 4.79 Å². The highest BCUT2D eigenvalue weighted by Crippen LogP contribution is 2.13. The number of carbonyl (C=O) groups is 3. The van der Waals surface area contributed by atoms with Crippen molar-refractivity contribution < 1.29 is 23.9 Å². The first-order chi connectivity index (χ1) is 11.8. The number of hydrogen-bond donors (Lipinski definition) is 3. The second-order valence-electron chi connectivity index (χ2n) is 6.00. The van der Waals surface area contributed by atoms with Crippen LogP contribution in [0.4, 0.5) is 5.69 Å². The summed E-state index contributed by atoms with van der Waals surface area (Å²) in [5, 5.41) is 14.2. The Kier molecular flexibility index (Phi) is 5.94. The first-order valence-electron chi connectivity index (χ1n) is 7.85. The standard InChI is InChI=1S/C18H20N2O5/c1-11(2)8-16(21)20-13-5-3-4-12(9-13)10-19-17(22)14-6-7-15(25-14)18(23)24/h3-7,9,11H,8,10H2,1-2H3,(H,19,22)(H,20,21)(H,23,24). The summed E-state index contributed by atoms with van der Waals surface area (Å²) in [4.78, 5) is 34.5. The van der Waals surface area contributed by atoms with Gasteiger partial charge in [0.25, 0.3) is 5.91 Å². The third-order valence-electron chi connectivity index (χ3n) is 3.30. The van der Waals surface area contributed by atoms with E-state index in [1.807, 2.05) is 19.9 Å². The summed E-state index contributed by atoms with van der Waals surface area (Å²) in [6.07, 6.45) is 0.436. The lowest BCUT2D eigenvalue weighted by Gasteiger charge is -2.09. The fourth-order valence-corrected chi connectivity index (χ4v) is 2.19. The first-order valence-corrected chi connectivity index (χ1v) is 7.85. The van der Waals surface area contributed by atoms with E-state index in [0.29, 0.717) is 12.1 Å². The summed E-state index contributed by atoms with van der Waals surface area (Å²) < 4.78 is 4.94. The second kappa shape index (κ2) is 8.14. The number of nitrogens with one attached hydrogen (secondary N) is 2. The molecule has 0 bridgehead atoms. The summed E-state index contributed by atoms with van der Waals surface area (Å²) in [6, 6.07) is 9.66. The van der Waals surface area contributed by atoms with Crippen LogP contribution < -0.4 is 10.6 Å². The van der Waals surface area contributed by atoms with Crippen molar-refractivity contribution in [2.75, 3.05) is 5.32 Å². The number of benzene rings is 1. The molecule has 25 heavy (non-hydrogen) atoms. The van der Waals surface area contributed by atoms with Gasteiger partial charge in [-0.2, -0.15) is 0 Å². The van der Waals surface area contributed by atoms with E-state index in [9.17, 15) is 14.4 Å². The molecule has 3 N–H and O–H groups in total. The molecule has 2 rings (SSSR count). The average Bonchev–Trinajstić information content (AvgIpc) is 3.02. The van der Waals surface area contributed by atoms with Crippen molar-refractivity contribution >= 4 is 23.5 Å². The molecule has 0 fully saturated rings. The highest BCUT2D eigenvalue weighted by molar-refractivity contribution is 5.93. The Labute approximate surface area is 145 Å². The Hall–Kier alpha value is -3.09.